The number of nitrogens with zero attached hydrogens (tertiary/aromatic N) is 2. The van der Waals surface area contributed by atoms with Crippen LogP contribution in [0.5, 0.6) is 0 Å². The van der Waals surface area contributed by atoms with E-state index in [1.54, 1.807) is 37.3 Å². The third-order valence-corrected chi connectivity index (χ3v) is 3.20. The Morgan fingerprint density at radius 3 is 2.57 bits per heavy atom. The Balaban J connectivity index is 2.05. The van der Waals surface area contributed by atoms with Gasteiger partial charge in [-0.1, -0.05) is 29.3 Å². The van der Waals surface area contributed by atoms with Crippen molar-refractivity contribution < 1.29 is 9.53 Å². The predicted octanol–water partition coefficient (Wildman–Crippen LogP) is 4.10. The molecule has 0 saturated carbocycles. The third kappa shape index (κ3) is 4.21. The lowest BCUT2D eigenvalue weighted by Crippen LogP contribution is -2.14. The first-order valence-corrected chi connectivity index (χ1v) is 6.84. The fourth-order valence-electron chi connectivity index (χ4n) is 1.48. The van der Waals surface area contributed by atoms with Crippen LogP contribution in [0.25, 0.3) is 0 Å². The molecule has 1 aromatic carbocycles. The number of hydrogen-bond acceptors (Lipinski definition) is 5. The van der Waals surface area contributed by atoms with E-state index in [0.29, 0.717) is 21.6 Å². The lowest BCUT2D eigenvalue weighted by molar-refractivity contribution is 0.168. The SMILES string of the molecule is CCOC(=O)Nc1ccc(Nc2cccc(Cl)c2Cl)nn1. The molecule has 0 aliphatic heterocycles. The Labute approximate surface area is 131 Å². The van der Waals surface area contributed by atoms with Crippen LogP contribution in [0.15, 0.2) is 30.3 Å². The number of ether oxygens (including phenoxy) is 1. The number of benzene rings is 1. The summed E-state index contributed by atoms with van der Waals surface area (Å²) >= 11 is 12.0. The largest absolute Gasteiger partial charge is 0.450 e. The van der Waals surface area contributed by atoms with Crippen LogP contribution in [0.4, 0.5) is 22.1 Å². The van der Waals surface area contributed by atoms with Gasteiger partial charge in [-0.3, -0.25) is 5.32 Å². The second-order valence-corrected chi connectivity index (χ2v) is 4.66. The molecule has 0 aliphatic carbocycles. The normalized spacial score (nSPS) is 10.0. The smallest absolute Gasteiger partial charge is 0.412 e. The second-order valence-electron chi connectivity index (χ2n) is 3.88. The average Bonchev–Trinajstić information content (AvgIpc) is 2.46. The first-order valence-electron chi connectivity index (χ1n) is 6.08. The van der Waals surface area contributed by atoms with Crippen molar-refractivity contribution in [2.24, 2.45) is 0 Å². The van der Waals surface area contributed by atoms with Gasteiger partial charge in [-0.2, -0.15) is 0 Å². The van der Waals surface area contributed by atoms with Crippen molar-refractivity contribution in [2.45, 2.75) is 6.92 Å². The fourth-order valence-corrected chi connectivity index (χ4v) is 1.82. The number of carbonyl (C=O) groups excluding carboxylic acids is 1. The molecule has 0 aliphatic rings. The van der Waals surface area contributed by atoms with Gasteiger partial charge in [-0.05, 0) is 31.2 Å². The molecule has 0 atom stereocenters. The monoisotopic (exact) mass is 326 g/mol. The summed E-state index contributed by atoms with van der Waals surface area (Å²) in [6, 6.07) is 8.45. The van der Waals surface area contributed by atoms with Crippen LogP contribution >= 0.6 is 23.2 Å². The van der Waals surface area contributed by atoms with Crippen molar-refractivity contribution in [3.05, 3.63) is 40.4 Å². The van der Waals surface area contributed by atoms with E-state index in [1.807, 2.05) is 0 Å². The molecule has 0 spiro atoms. The predicted molar refractivity (Wildman–Crippen MR) is 82.4 cm³/mol. The van der Waals surface area contributed by atoms with Crippen molar-refractivity contribution in [2.75, 3.05) is 17.2 Å². The first-order chi connectivity index (χ1) is 10.1. The zero-order valence-electron chi connectivity index (χ0n) is 11.1. The van der Waals surface area contributed by atoms with E-state index in [1.165, 1.54) is 0 Å². The highest BCUT2D eigenvalue weighted by Gasteiger charge is 2.07. The molecule has 0 saturated heterocycles. The van der Waals surface area contributed by atoms with Crippen LogP contribution in [-0.2, 0) is 4.74 Å². The van der Waals surface area contributed by atoms with Crippen LogP contribution in [0.1, 0.15) is 6.92 Å². The minimum atomic E-state index is -0.578. The Hall–Kier alpha value is -2.05. The van der Waals surface area contributed by atoms with Gasteiger partial charge in [-0.15, -0.1) is 10.2 Å². The maximum Gasteiger partial charge on any atom is 0.412 e. The van der Waals surface area contributed by atoms with Crippen molar-refractivity contribution in [1.29, 1.82) is 0 Å². The highest BCUT2D eigenvalue weighted by atomic mass is 35.5. The fraction of sp³-hybridized carbons (Fsp3) is 0.154. The van der Waals surface area contributed by atoms with Crippen molar-refractivity contribution >= 4 is 46.6 Å². The summed E-state index contributed by atoms with van der Waals surface area (Å²) in [5, 5.41) is 14.0. The van der Waals surface area contributed by atoms with E-state index in [2.05, 4.69) is 20.8 Å². The number of nitrogens with one attached hydrogen (secondary N) is 2. The van der Waals surface area contributed by atoms with Crippen LogP contribution in [0.3, 0.4) is 0 Å². The number of hydrogen-bond donors (Lipinski definition) is 2. The van der Waals surface area contributed by atoms with Crippen LogP contribution in [0.2, 0.25) is 10.0 Å². The quantitative estimate of drug-likeness (QED) is 0.884. The van der Waals surface area contributed by atoms with Gasteiger partial charge in [0.25, 0.3) is 0 Å². The molecule has 0 unspecified atom stereocenters. The average molecular weight is 327 g/mol. The zero-order valence-corrected chi connectivity index (χ0v) is 12.6. The Morgan fingerprint density at radius 1 is 1.19 bits per heavy atom. The maximum absolute atomic E-state index is 11.2. The van der Waals surface area contributed by atoms with Crippen LogP contribution < -0.4 is 10.6 Å². The number of rotatable bonds is 4. The highest BCUT2D eigenvalue weighted by Crippen LogP contribution is 2.31. The number of carbonyl (C=O) groups is 1. The maximum atomic E-state index is 11.2. The van der Waals surface area contributed by atoms with Gasteiger partial charge < -0.3 is 10.1 Å². The molecule has 0 radical (unpaired) electrons. The van der Waals surface area contributed by atoms with Gasteiger partial charge in [0, 0.05) is 0 Å². The summed E-state index contributed by atoms with van der Waals surface area (Å²) < 4.78 is 4.74. The molecule has 2 N–H and O–H groups in total. The van der Waals surface area contributed by atoms with Crippen molar-refractivity contribution in [3.63, 3.8) is 0 Å². The molecular weight excluding hydrogens is 315 g/mol. The second kappa shape index (κ2) is 7.10. The summed E-state index contributed by atoms with van der Waals surface area (Å²) in [6.07, 6.45) is -0.578. The van der Waals surface area contributed by atoms with E-state index in [0.717, 1.165) is 0 Å². The van der Waals surface area contributed by atoms with Crippen molar-refractivity contribution in [3.8, 4) is 0 Å². The van der Waals surface area contributed by atoms with Crippen LogP contribution in [0, 0.1) is 0 Å². The van der Waals surface area contributed by atoms with Gasteiger partial charge in [0.2, 0.25) is 0 Å². The van der Waals surface area contributed by atoms with Gasteiger partial charge in [0.15, 0.2) is 11.6 Å². The summed E-state index contributed by atoms with van der Waals surface area (Å²) in [6.45, 7) is 2.00. The van der Waals surface area contributed by atoms with Gasteiger partial charge >= 0.3 is 6.09 Å². The standard InChI is InChI=1S/C13H12Cl2N4O2/c1-2-21-13(20)17-11-7-6-10(18-19-11)16-9-5-3-4-8(14)12(9)15/h3-7H,2H2,1H3,(H,16,18)(H,17,19,20). The molecule has 0 bridgehead atoms. The summed E-state index contributed by atoms with van der Waals surface area (Å²) in [4.78, 5) is 11.2. The Kier molecular flexibility index (Phi) is 5.19. The molecule has 1 heterocycles. The molecule has 1 aromatic heterocycles. The molecule has 21 heavy (non-hydrogen) atoms. The number of amides is 1. The first kappa shape index (κ1) is 15.3. The van der Waals surface area contributed by atoms with Gasteiger partial charge in [0.05, 0.1) is 22.3 Å². The zero-order chi connectivity index (χ0) is 15.2. The van der Waals surface area contributed by atoms with Gasteiger partial charge in [0.1, 0.15) is 0 Å². The lowest BCUT2D eigenvalue weighted by atomic mass is 10.3. The summed E-state index contributed by atoms with van der Waals surface area (Å²) in [5.74, 6) is 0.754. The van der Waals surface area contributed by atoms with E-state index in [4.69, 9.17) is 27.9 Å². The Morgan fingerprint density at radius 2 is 1.90 bits per heavy atom. The van der Waals surface area contributed by atoms with E-state index in [9.17, 15) is 4.79 Å². The molecule has 8 heteroatoms. The van der Waals surface area contributed by atoms with E-state index < -0.39 is 6.09 Å². The molecule has 0 fully saturated rings. The molecule has 110 valence electrons. The molecule has 1 amide bonds. The van der Waals surface area contributed by atoms with E-state index >= 15 is 0 Å². The molecular formula is C13H12Cl2N4O2. The number of aromatic nitrogens is 2. The summed E-state index contributed by atoms with van der Waals surface area (Å²) in [5.41, 5.74) is 0.615. The third-order valence-electron chi connectivity index (χ3n) is 2.38. The minimum Gasteiger partial charge on any atom is -0.450 e. The number of halogens is 2. The molecule has 6 nitrogen and oxygen atoms in total. The topological polar surface area (TPSA) is 76.1 Å². The lowest BCUT2D eigenvalue weighted by Gasteiger charge is -2.08. The highest BCUT2D eigenvalue weighted by molar-refractivity contribution is 6.43. The summed E-state index contributed by atoms with van der Waals surface area (Å²) in [7, 11) is 0. The molecule has 2 aromatic rings. The Bertz CT molecular complexity index is 635. The minimum absolute atomic E-state index is 0.284. The van der Waals surface area contributed by atoms with Crippen LogP contribution in [-0.4, -0.2) is 22.9 Å². The van der Waals surface area contributed by atoms with E-state index in [-0.39, 0.29) is 12.4 Å². The van der Waals surface area contributed by atoms with Gasteiger partial charge in [-0.25, -0.2) is 4.79 Å². The van der Waals surface area contributed by atoms with Crippen molar-refractivity contribution in [1.82, 2.24) is 10.2 Å². The molecule has 2 rings (SSSR count). The number of anilines is 3.